The average molecular weight is 590 g/mol. The minimum absolute atomic E-state index is 0.0270. The number of aliphatic imine (C=N–C) groups is 1. The van der Waals surface area contributed by atoms with Gasteiger partial charge in [0.05, 0.1) is 13.9 Å². The smallest absolute Gasteiger partial charge is 0.363 e. The van der Waals surface area contributed by atoms with Crippen LogP contribution in [0.25, 0.3) is 6.08 Å². The van der Waals surface area contributed by atoms with Gasteiger partial charge in [0, 0.05) is 17.2 Å². The molecule has 0 bridgehead atoms. The Balaban J connectivity index is 1.55. The summed E-state index contributed by atoms with van der Waals surface area (Å²) in [5, 5.41) is 11.0. The highest BCUT2D eigenvalue weighted by Gasteiger charge is 2.25. The largest absolute Gasteiger partial charge is 0.487 e. The SMILES string of the molecule is Cc1cc(C2=N/C(=C\c3cc(Br)c(OCc4ccc(F)cc4)c(Br)c3)C(=O)O2)ccc1[N+](=O)[O-]. The number of ether oxygens (including phenoxy) is 2. The van der Waals surface area contributed by atoms with Gasteiger partial charge in [0.1, 0.15) is 18.2 Å². The van der Waals surface area contributed by atoms with E-state index in [0.29, 0.717) is 31.4 Å². The van der Waals surface area contributed by atoms with Crippen molar-refractivity contribution in [3.63, 3.8) is 0 Å². The Morgan fingerprint density at radius 2 is 1.79 bits per heavy atom. The van der Waals surface area contributed by atoms with E-state index >= 15 is 0 Å². The summed E-state index contributed by atoms with van der Waals surface area (Å²) in [6.07, 6.45) is 1.56. The average Bonchev–Trinajstić information content (AvgIpc) is 3.14. The van der Waals surface area contributed by atoms with E-state index in [9.17, 15) is 19.3 Å². The van der Waals surface area contributed by atoms with Crippen molar-refractivity contribution in [2.75, 3.05) is 0 Å². The minimum Gasteiger partial charge on any atom is -0.487 e. The molecule has 172 valence electrons. The number of hydrogen-bond acceptors (Lipinski definition) is 6. The second kappa shape index (κ2) is 9.86. The van der Waals surface area contributed by atoms with Crippen molar-refractivity contribution < 1.29 is 23.6 Å². The maximum absolute atomic E-state index is 13.1. The second-order valence-corrected chi connectivity index (χ2v) is 9.03. The Labute approximate surface area is 210 Å². The van der Waals surface area contributed by atoms with Gasteiger partial charge in [0.25, 0.3) is 5.69 Å². The molecular formula is C24H15Br2FN2O5. The lowest BCUT2D eigenvalue weighted by Crippen LogP contribution is -2.06. The van der Waals surface area contributed by atoms with Gasteiger partial charge in [-0.3, -0.25) is 10.1 Å². The maximum Gasteiger partial charge on any atom is 0.363 e. The Bertz CT molecular complexity index is 1350. The first kappa shape index (κ1) is 23.8. The molecule has 1 aliphatic rings. The number of nitro groups is 1. The van der Waals surface area contributed by atoms with E-state index in [1.807, 2.05) is 0 Å². The van der Waals surface area contributed by atoms with Crippen molar-refractivity contribution in [1.29, 1.82) is 0 Å². The van der Waals surface area contributed by atoms with Crippen LogP contribution in [0.2, 0.25) is 0 Å². The first-order valence-corrected chi connectivity index (χ1v) is 11.4. The van der Waals surface area contributed by atoms with Crippen LogP contribution in [0.1, 0.15) is 22.3 Å². The second-order valence-electron chi connectivity index (χ2n) is 7.32. The fraction of sp³-hybridized carbons (Fsp3) is 0.0833. The van der Waals surface area contributed by atoms with Crippen molar-refractivity contribution >= 4 is 55.5 Å². The summed E-state index contributed by atoms with van der Waals surface area (Å²) in [6.45, 7) is 1.84. The van der Waals surface area contributed by atoms with Crippen LogP contribution in [0.3, 0.4) is 0 Å². The van der Waals surface area contributed by atoms with Gasteiger partial charge in [0.2, 0.25) is 5.90 Å². The van der Waals surface area contributed by atoms with Crippen LogP contribution in [0.5, 0.6) is 5.75 Å². The van der Waals surface area contributed by atoms with Gasteiger partial charge in [-0.15, -0.1) is 0 Å². The first-order chi connectivity index (χ1) is 16.2. The number of carbonyl (C=O) groups is 1. The number of aryl methyl sites for hydroxylation is 1. The van der Waals surface area contributed by atoms with Crippen molar-refractivity contribution in [2.24, 2.45) is 4.99 Å². The van der Waals surface area contributed by atoms with Crippen LogP contribution < -0.4 is 4.74 Å². The Morgan fingerprint density at radius 1 is 1.12 bits per heavy atom. The predicted octanol–water partition coefficient (Wildman–Crippen LogP) is 6.49. The standard InChI is InChI=1S/C24H15Br2FN2O5/c1-13-8-16(4-7-21(13)29(31)32)23-28-20(24(30)34-23)11-15-9-18(25)22(19(26)10-15)33-12-14-2-5-17(27)6-3-14/h2-11H,12H2,1H3/b20-11-. The molecule has 0 unspecified atom stereocenters. The summed E-state index contributed by atoms with van der Waals surface area (Å²) < 4.78 is 25.5. The zero-order valence-electron chi connectivity index (χ0n) is 17.6. The summed E-state index contributed by atoms with van der Waals surface area (Å²) in [6, 6.07) is 13.9. The monoisotopic (exact) mass is 588 g/mol. The highest BCUT2D eigenvalue weighted by Crippen LogP contribution is 2.36. The van der Waals surface area contributed by atoms with Crippen molar-refractivity contribution in [1.82, 2.24) is 0 Å². The number of halogens is 3. The van der Waals surface area contributed by atoms with E-state index < -0.39 is 10.9 Å². The normalized spacial score (nSPS) is 14.2. The van der Waals surface area contributed by atoms with Gasteiger partial charge in [0.15, 0.2) is 5.70 Å². The minimum atomic E-state index is -0.630. The molecule has 1 aliphatic heterocycles. The van der Waals surface area contributed by atoms with E-state index in [4.69, 9.17) is 9.47 Å². The van der Waals surface area contributed by atoms with E-state index in [2.05, 4.69) is 36.9 Å². The lowest BCUT2D eigenvalue weighted by Gasteiger charge is -2.11. The van der Waals surface area contributed by atoms with E-state index in [-0.39, 0.29) is 29.7 Å². The molecule has 3 aromatic rings. The first-order valence-electron chi connectivity index (χ1n) is 9.85. The number of nitrogens with zero attached hydrogens (tertiary/aromatic N) is 2. The molecule has 10 heteroatoms. The number of cyclic esters (lactones) is 1. The third-order valence-electron chi connectivity index (χ3n) is 4.88. The molecule has 0 spiro atoms. The van der Waals surface area contributed by atoms with Crippen molar-refractivity contribution in [2.45, 2.75) is 13.5 Å². The van der Waals surface area contributed by atoms with E-state index in [0.717, 1.165) is 5.56 Å². The van der Waals surface area contributed by atoms with Crippen LogP contribution >= 0.6 is 31.9 Å². The van der Waals surface area contributed by atoms with Crippen LogP contribution in [0.4, 0.5) is 10.1 Å². The summed E-state index contributed by atoms with van der Waals surface area (Å²) in [5.41, 5.74) is 2.42. The Morgan fingerprint density at radius 3 is 2.41 bits per heavy atom. The Hall–Kier alpha value is -3.37. The summed E-state index contributed by atoms with van der Waals surface area (Å²) in [7, 11) is 0. The molecule has 4 rings (SSSR count). The molecule has 7 nitrogen and oxygen atoms in total. The molecule has 0 saturated heterocycles. The zero-order chi connectivity index (χ0) is 24.4. The summed E-state index contributed by atoms with van der Waals surface area (Å²) in [5.74, 6) is -0.323. The third kappa shape index (κ3) is 5.23. The van der Waals surface area contributed by atoms with Gasteiger partial charge in [-0.05, 0) is 92.4 Å². The molecular weight excluding hydrogens is 575 g/mol. The molecule has 0 fully saturated rings. The molecule has 0 N–H and O–H groups in total. The lowest BCUT2D eigenvalue weighted by atomic mass is 10.1. The third-order valence-corrected chi connectivity index (χ3v) is 6.06. The highest BCUT2D eigenvalue weighted by molar-refractivity contribution is 9.11. The van der Waals surface area contributed by atoms with Crippen LogP contribution in [0, 0.1) is 22.9 Å². The fourth-order valence-electron chi connectivity index (χ4n) is 3.22. The molecule has 0 saturated carbocycles. The molecule has 0 aliphatic carbocycles. The predicted molar refractivity (Wildman–Crippen MR) is 131 cm³/mol. The van der Waals surface area contributed by atoms with Crippen LogP contribution in [-0.4, -0.2) is 16.8 Å². The van der Waals surface area contributed by atoms with Gasteiger partial charge >= 0.3 is 5.97 Å². The number of carbonyl (C=O) groups excluding carboxylic acids is 1. The molecule has 0 aromatic heterocycles. The number of rotatable bonds is 6. The fourth-order valence-corrected chi connectivity index (χ4v) is 4.67. The van der Waals surface area contributed by atoms with E-state index in [1.165, 1.54) is 24.3 Å². The van der Waals surface area contributed by atoms with Crippen molar-refractivity contribution in [3.05, 3.63) is 107 Å². The number of esters is 1. The van der Waals surface area contributed by atoms with Gasteiger partial charge in [-0.1, -0.05) is 12.1 Å². The lowest BCUT2D eigenvalue weighted by molar-refractivity contribution is -0.385. The van der Waals surface area contributed by atoms with Crippen molar-refractivity contribution in [3.8, 4) is 5.75 Å². The molecule has 3 aromatic carbocycles. The van der Waals surface area contributed by atoms with E-state index in [1.54, 1.807) is 43.3 Å². The topological polar surface area (TPSA) is 91.0 Å². The summed E-state index contributed by atoms with van der Waals surface area (Å²) >= 11 is 6.94. The number of benzene rings is 3. The summed E-state index contributed by atoms with van der Waals surface area (Å²) in [4.78, 5) is 27.2. The molecule has 34 heavy (non-hydrogen) atoms. The number of hydrogen-bond donors (Lipinski definition) is 0. The molecule has 0 amide bonds. The number of nitro benzene ring substituents is 1. The molecule has 0 radical (unpaired) electrons. The highest BCUT2D eigenvalue weighted by atomic mass is 79.9. The van der Waals surface area contributed by atoms with Gasteiger partial charge in [-0.25, -0.2) is 14.2 Å². The maximum atomic E-state index is 13.1. The van der Waals surface area contributed by atoms with Gasteiger partial charge < -0.3 is 9.47 Å². The van der Waals surface area contributed by atoms with Crippen LogP contribution in [-0.2, 0) is 16.1 Å². The van der Waals surface area contributed by atoms with Crippen LogP contribution in [0.15, 0.2) is 74.2 Å². The Kier molecular flexibility index (Phi) is 6.90. The molecule has 1 heterocycles. The van der Waals surface area contributed by atoms with Gasteiger partial charge in [-0.2, -0.15) is 0 Å². The molecule has 0 atom stereocenters. The quantitative estimate of drug-likeness (QED) is 0.142. The zero-order valence-corrected chi connectivity index (χ0v) is 20.7.